The summed E-state index contributed by atoms with van der Waals surface area (Å²) in [5.41, 5.74) is 0.836. The van der Waals surface area contributed by atoms with Crippen LogP contribution in [0.25, 0.3) is 0 Å². The topological polar surface area (TPSA) is 66.9 Å². The molecule has 0 aliphatic heterocycles. The summed E-state index contributed by atoms with van der Waals surface area (Å²) in [5.74, 6) is 0.636. The Kier molecular flexibility index (Phi) is 6.17. The molecule has 0 bridgehead atoms. The van der Waals surface area contributed by atoms with Crippen molar-refractivity contribution < 1.29 is 4.79 Å². The molecular formula is C12H20N4O. The Morgan fingerprint density at radius 3 is 2.94 bits per heavy atom. The smallest absolute Gasteiger partial charge is 0.233 e. The fraction of sp³-hybridized carbons (Fsp3) is 0.583. The fourth-order valence-corrected chi connectivity index (χ4v) is 1.29. The van der Waals surface area contributed by atoms with Crippen LogP contribution in [-0.4, -0.2) is 29.2 Å². The molecule has 1 aromatic heterocycles. The maximum Gasteiger partial charge on any atom is 0.233 e. The maximum absolute atomic E-state index is 11.4. The number of rotatable bonds is 7. The third-order valence-electron chi connectivity index (χ3n) is 2.26. The van der Waals surface area contributed by atoms with E-state index in [-0.39, 0.29) is 5.91 Å². The van der Waals surface area contributed by atoms with Crippen LogP contribution in [0, 0.1) is 5.92 Å². The lowest BCUT2D eigenvalue weighted by Crippen LogP contribution is -2.34. The van der Waals surface area contributed by atoms with Gasteiger partial charge in [0.2, 0.25) is 5.91 Å². The van der Waals surface area contributed by atoms with Gasteiger partial charge < -0.3 is 10.6 Å². The van der Waals surface area contributed by atoms with Gasteiger partial charge in [0, 0.05) is 19.3 Å². The molecule has 1 heterocycles. The SMILES string of the molecule is CC(C)CCNC(=O)CNCc1cccnn1. The summed E-state index contributed by atoms with van der Waals surface area (Å²) < 4.78 is 0. The molecule has 0 aromatic carbocycles. The Labute approximate surface area is 102 Å². The Bertz CT molecular complexity index is 327. The first-order valence-corrected chi connectivity index (χ1v) is 5.92. The first-order chi connectivity index (χ1) is 8.18. The van der Waals surface area contributed by atoms with Crippen molar-refractivity contribution in [3.8, 4) is 0 Å². The minimum absolute atomic E-state index is 0.0227. The molecule has 0 unspecified atom stereocenters. The van der Waals surface area contributed by atoms with Crippen LogP contribution in [0.3, 0.4) is 0 Å². The summed E-state index contributed by atoms with van der Waals surface area (Å²) in [5, 5.41) is 13.6. The molecule has 1 amide bonds. The van der Waals surface area contributed by atoms with Gasteiger partial charge in [0.1, 0.15) is 0 Å². The summed E-state index contributed by atoms with van der Waals surface area (Å²) >= 11 is 0. The van der Waals surface area contributed by atoms with Crippen LogP contribution in [0.4, 0.5) is 0 Å². The summed E-state index contributed by atoms with van der Waals surface area (Å²) in [6, 6.07) is 3.70. The largest absolute Gasteiger partial charge is 0.355 e. The van der Waals surface area contributed by atoms with E-state index in [1.807, 2.05) is 12.1 Å². The Morgan fingerprint density at radius 2 is 2.29 bits per heavy atom. The van der Waals surface area contributed by atoms with Crippen molar-refractivity contribution in [2.75, 3.05) is 13.1 Å². The quantitative estimate of drug-likeness (QED) is 0.732. The molecule has 5 nitrogen and oxygen atoms in total. The molecule has 0 radical (unpaired) electrons. The molecule has 1 rings (SSSR count). The molecule has 5 heteroatoms. The zero-order valence-corrected chi connectivity index (χ0v) is 10.4. The highest BCUT2D eigenvalue weighted by atomic mass is 16.1. The van der Waals surface area contributed by atoms with E-state index >= 15 is 0 Å². The minimum Gasteiger partial charge on any atom is -0.355 e. The lowest BCUT2D eigenvalue weighted by atomic mass is 10.1. The third kappa shape index (κ3) is 6.63. The predicted molar refractivity (Wildman–Crippen MR) is 66.2 cm³/mol. The number of hydrogen-bond acceptors (Lipinski definition) is 4. The van der Waals surface area contributed by atoms with E-state index in [0.29, 0.717) is 19.0 Å². The molecular weight excluding hydrogens is 216 g/mol. The molecule has 0 saturated carbocycles. The second-order valence-electron chi connectivity index (χ2n) is 4.35. The Morgan fingerprint density at radius 1 is 1.47 bits per heavy atom. The van der Waals surface area contributed by atoms with E-state index in [2.05, 4.69) is 34.7 Å². The number of nitrogens with one attached hydrogen (secondary N) is 2. The third-order valence-corrected chi connectivity index (χ3v) is 2.26. The van der Waals surface area contributed by atoms with Gasteiger partial charge in [0.05, 0.1) is 12.2 Å². The molecule has 0 fully saturated rings. The fourth-order valence-electron chi connectivity index (χ4n) is 1.29. The van der Waals surface area contributed by atoms with Crippen molar-refractivity contribution in [1.29, 1.82) is 0 Å². The minimum atomic E-state index is 0.0227. The number of nitrogens with zero attached hydrogens (tertiary/aromatic N) is 2. The highest BCUT2D eigenvalue weighted by molar-refractivity contribution is 5.77. The summed E-state index contributed by atoms with van der Waals surface area (Å²) in [4.78, 5) is 11.4. The van der Waals surface area contributed by atoms with Crippen molar-refractivity contribution in [3.05, 3.63) is 24.0 Å². The molecule has 0 aliphatic carbocycles. The molecule has 1 aromatic rings. The van der Waals surface area contributed by atoms with Gasteiger partial charge in [-0.25, -0.2) is 0 Å². The molecule has 0 saturated heterocycles. The van der Waals surface area contributed by atoms with Crippen LogP contribution in [0.1, 0.15) is 26.0 Å². The zero-order chi connectivity index (χ0) is 12.5. The highest BCUT2D eigenvalue weighted by Gasteiger charge is 2.01. The number of carbonyl (C=O) groups excluding carboxylic acids is 1. The zero-order valence-electron chi connectivity index (χ0n) is 10.4. The Balaban J connectivity index is 2.08. The molecule has 94 valence electrons. The van der Waals surface area contributed by atoms with Crippen molar-refractivity contribution >= 4 is 5.91 Å². The molecule has 0 aliphatic rings. The normalized spacial score (nSPS) is 10.5. The van der Waals surface area contributed by atoms with Gasteiger partial charge in [-0.1, -0.05) is 13.8 Å². The molecule has 0 spiro atoms. The standard InChI is InChI=1S/C12H20N4O/c1-10(2)5-7-14-12(17)9-13-8-11-4-3-6-15-16-11/h3-4,6,10,13H,5,7-9H2,1-2H3,(H,14,17). The van der Waals surface area contributed by atoms with Gasteiger partial charge in [0.15, 0.2) is 0 Å². The van der Waals surface area contributed by atoms with Crippen molar-refractivity contribution in [2.45, 2.75) is 26.8 Å². The number of carbonyl (C=O) groups is 1. The van der Waals surface area contributed by atoms with Crippen LogP contribution in [0.5, 0.6) is 0 Å². The summed E-state index contributed by atoms with van der Waals surface area (Å²) in [6.07, 6.45) is 2.64. The van der Waals surface area contributed by atoms with Crippen molar-refractivity contribution in [3.63, 3.8) is 0 Å². The van der Waals surface area contributed by atoms with E-state index in [0.717, 1.165) is 18.7 Å². The summed E-state index contributed by atoms with van der Waals surface area (Å²) in [6.45, 7) is 5.89. The lowest BCUT2D eigenvalue weighted by Gasteiger charge is -2.07. The van der Waals surface area contributed by atoms with E-state index in [9.17, 15) is 4.79 Å². The average molecular weight is 236 g/mol. The first kappa shape index (κ1) is 13.6. The highest BCUT2D eigenvalue weighted by Crippen LogP contribution is 1.95. The van der Waals surface area contributed by atoms with Crippen molar-refractivity contribution in [1.82, 2.24) is 20.8 Å². The van der Waals surface area contributed by atoms with Gasteiger partial charge in [-0.05, 0) is 24.5 Å². The van der Waals surface area contributed by atoms with E-state index in [4.69, 9.17) is 0 Å². The van der Waals surface area contributed by atoms with Gasteiger partial charge >= 0.3 is 0 Å². The van der Waals surface area contributed by atoms with E-state index in [1.54, 1.807) is 6.20 Å². The molecule has 2 N–H and O–H groups in total. The molecule has 17 heavy (non-hydrogen) atoms. The van der Waals surface area contributed by atoms with Crippen LogP contribution in [-0.2, 0) is 11.3 Å². The monoisotopic (exact) mass is 236 g/mol. The van der Waals surface area contributed by atoms with Gasteiger partial charge in [0.25, 0.3) is 0 Å². The van der Waals surface area contributed by atoms with Gasteiger partial charge in [-0.3, -0.25) is 4.79 Å². The van der Waals surface area contributed by atoms with Crippen LogP contribution >= 0.6 is 0 Å². The van der Waals surface area contributed by atoms with E-state index < -0.39 is 0 Å². The van der Waals surface area contributed by atoms with Gasteiger partial charge in [-0.2, -0.15) is 10.2 Å². The maximum atomic E-state index is 11.4. The average Bonchev–Trinajstić information content (AvgIpc) is 2.30. The van der Waals surface area contributed by atoms with Gasteiger partial charge in [-0.15, -0.1) is 0 Å². The number of amides is 1. The van der Waals surface area contributed by atoms with E-state index in [1.165, 1.54) is 0 Å². The van der Waals surface area contributed by atoms with Crippen LogP contribution in [0.15, 0.2) is 18.3 Å². The Hall–Kier alpha value is -1.49. The first-order valence-electron chi connectivity index (χ1n) is 5.92. The summed E-state index contributed by atoms with van der Waals surface area (Å²) in [7, 11) is 0. The molecule has 0 atom stereocenters. The lowest BCUT2D eigenvalue weighted by molar-refractivity contribution is -0.120. The second-order valence-corrected chi connectivity index (χ2v) is 4.35. The van der Waals surface area contributed by atoms with Crippen LogP contribution < -0.4 is 10.6 Å². The predicted octanol–water partition coefficient (Wildman–Crippen LogP) is 0.728. The number of hydrogen-bond donors (Lipinski definition) is 2. The second kappa shape index (κ2) is 7.73. The number of aromatic nitrogens is 2. The van der Waals surface area contributed by atoms with Crippen LogP contribution in [0.2, 0.25) is 0 Å². The van der Waals surface area contributed by atoms with Crippen molar-refractivity contribution in [2.24, 2.45) is 5.92 Å².